The van der Waals surface area contributed by atoms with Crippen molar-refractivity contribution in [3.05, 3.63) is 0 Å². The SMILES string of the molecule is CCC(C)CCCCCCCCCCC(=O)O[C@H](COC(=O)CCCCCCCCCCC(C)C)COP(=O)(O)OCC(O)COP(=O)(O)OC[C@@H](COC(=O)CCCCCCCCCCCCCCCCCCC(C)C)OC(=O)CCCCCCCCCCCCCCCCCCC(C)C. The molecule has 0 spiro atoms. The summed E-state index contributed by atoms with van der Waals surface area (Å²) in [6, 6.07) is 0. The summed E-state index contributed by atoms with van der Waals surface area (Å²) in [5.74, 6) is 1.00. The van der Waals surface area contributed by atoms with Crippen LogP contribution < -0.4 is 0 Å². The molecule has 0 saturated carbocycles. The van der Waals surface area contributed by atoms with Crippen LogP contribution in [0.15, 0.2) is 0 Å². The molecule has 0 aliphatic heterocycles. The number of aliphatic hydroxyl groups excluding tert-OH is 1. The van der Waals surface area contributed by atoms with Crippen molar-refractivity contribution in [1.82, 2.24) is 0 Å². The maximum absolute atomic E-state index is 13.1. The molecule has 0 rings (SSSR count). The molecule has 0 fully saturated rings. The van der Waals surface area contributed by atoms with Crippen molar-refractivity contribution in [2.45, 2.75) is 440 Å². The molecule has 0 aliphatic rings. The third-order valence-corrected chi connectivity index (χ3v) is 21.3. The second-order valence-electron chi connectivity index (χ2n) is 31.2. The summed E-state index contributed by atoms with van der Waals surface area (Å²) in [5.41, 5.74) is 0. The van der Waals surface area contributed by atoms with Gasteiger partial charge in [-0.05, 0) is 49.4 Å². The zero-order valence-electron chi connectivity index (χ0n) is 66.5. The van der Waals surface area contributed by atoms with E-state index in [-0.39, 0.29) is 25.7 Å². The molecule has 0 heterocycles. The predicted molar refractivity (Wildman–Crippen MR) is 414 cm³/mol. The zero-order chi connectivity index (χ0) is 74.6. The predicted octanol–water partition coefficient (Wildman–Crippen LogP) is 24.4. The first kappa shape index (κ1) is 99.1. The van der Waals surface area contributed by atoms with Gasteiger partial charge >= 0.3 is 39.5 Å². The third kappa shape index (κ3) is 74.7. The van der Waals surface area contributed by atoms with E-state index in [0.29, 0.717) is 25.7 Å². The van der Waals surface area contributed by atoms with Crippen LogP contribution in [0.5, 0.6) is 0 Å². The first-order valence-electron chi connectivity index (χ1n) is 42.2. The zero-order valence-corrected chi connectivity index (χ0v) is 68.3. The molecular weight excluding hydrogens is 1320 g/mol. The van der Waals surface area contributed by atoms with Gasteiger partial charge in [0.2, 0.25) is 0 Å². The molecule has 0 aromatic rings. The molecule has 0 radical (unpaired) electrons. The van der Waals surface area contributed by atoms with Gasteiger partial charge in [-0.2, -0.15) is 0 Å². The average molecular weight is 1480 g/mol. The van der Waals surface area contributed by atoms with Crippen LogP contribution in [0, 0.1) is 23.7 Å². The van der Waals surface area contributed by atoms with E-state index in [1.165, 1.54) is 225 Å². The molecule has 17 nitrogen and oxygen atoms in total. The fourth-order valence-corrected chi connectivity index (χ4v) is 14.2. The number of hydrogen-bond acceptors (Lipinski definition) is 15. The Morgan fingerprint density at radius 1 is 0.277 bits per heavy atom. The standard InChI is InChI=1S/C82H160O17P2/c1-9-75(8)61-53-45-37-31-33-41-49-57-65-82(87)99-78(69-93-80(85)63-55-47-39-32-30-36-44-52-60-74(6)7)71-97-101(90,91)95-67-76(83)66-94-100(88,89)96-70-77(98-81(86)64-56-48-40-29-25-21-17-13-11-15-19-23-27-35-43-51-59-73(4)5)68-92-79(84)62-54-46-38-28-24-20-16-12-10-14-18-22-26-34-42-50-58-72(2)3/h72-78,83H,9-71H2,1-8H3,(H,88,89)(H,90,91)/t75?,76?,77-,78-/m1/s1. The molecule has 0 saturated heterocycles. The Labute approximate surface area is 619 Å². The Hall–Kier alpha value is -1.94. The number of hydrogen-bond donors (Lipinski definition) is 3. The van der Waals surface area contributed by atoms with E-state index < -0.39 is 97.5 Å². The highest BCUT2D eigenvalue weighted by Crippen LogP contribution is 2.45. The Kier molecular flexibility index (Phi) is 69.6. The molecule has 101 heavy (non-hydrogen) atoms. The summed E-state index contributed by atoms with van der Waals surface area (Å²) < 4.78 is 68.7. The maximum atomic E-state index is 13.1. The molecule has 3 N–H and O–H groups in total. The number of carbonyl (C=O) groups is 4. The van der Waals surface area contributed by atoms with E-state index in [0.717, 1.165) is 114 Å². The summed E-state index contributed by atoms with van der Waals surface area (Å²) in [6.45, 7) is 14.3. The summed E-state index contributed by atoms with van der Waals surface area (Å²) in [7, 11) is -9.92. The molecule has 4 unspecified atom stereocenters. The molecule has 0 amide bonds. The number of aliphatic hydroxyl groups is 1. The van der Waals surface area contributed by atoms with Crippen LogP contribution in [0.1, 0.15) is 421 Å². The average Bonchev–Trinajstić information content (AvgIpc) is 0.945. The van der Waals surface area contributed by atoms with Gasteiger partial charge in [-0.3, -0.25) is 37.3 Å². The molecule has 600 valence electrons. The van der Waals surface area contributed by atoms with Crippen LogP contribution >= 0.6 is 15.6 Å². The van der Waals surface area contributed by atoms with E-state index in [4.69, 9.17) is 37.0 Å². The van der Waals surface area contributed by atoms with Crippen molar-refractivity contribution in [2.24, 2.45) is 23.7 Å². The minimum Gasteiger partial charge on any atom is -0.462 e. The van der Waals surface area contributed by atoms with E-state index in [1.807, 2.05) is 0 Å². The maximum Gasteiger partial charge on any atom is 0.472 e. The van der Waals surface area contributed by atoms with Gasteiger partial charge in [0.1, 0.15) is 19.3 Å². The van der Waals surface area contributed by atoms with Gasteiger partial charge in [0.25, 0.3) is 0 Å². The van der Waals surface area contributed by atoms with Gasteiger partial charge in [-0.25, -0.2) is 9.13 Å². The number of rotatable bonds is 79. The normalized spacial score (nSPS) is 14.3. The van der Waals surface area contributed by atoms with Crippen LogP contribution in [0.25, 0.3) is 0 Å². The largest absolute Gasteiger partial charge is 0.472 e. The third-order valence-electron chi connectivity index (χ3n) is 19.4. The van der Waals surface area contributed by atoms with E-state index in [2.05, 4.69) is 55.4 Å². The molecule has 0 aromatic heterocycles. The van der Waals surface area contributed by atoms with Crippen LogP contribution in [0.2, 0.25) is 0 Å². The van der Waals surface area contributed by atoms with Crippen LogP contribution in [-0.4, -0.2) is 96.7 Å². The number of phosphoric ester groups is 2. The van der Waals surface area contributed by atoms with Gasteiger partial charge in [-0.1, -0.05) is 370 Å². The van der Waals surface area contributed by atoms with Crippen molar-refractivity contribution in [3.8, 4) is 0 Å². The first-order valence-corrected chi connectivity index (χ1v) is 45.2. The lowest BCUT2D eigenvalue weighted by Gasteiger charge is -2.21. The van der Waals surface area contributed by atoms with Gasteiger partial charge in [0, 0.05) is 25.7 Å². The Morgan fingerprint density at radius 3 is 0.703 bits per heavy atom. The van der Waals surface area contributed by atoms with Crippen molar-refractivity contribution in [3.63, 3.8) is 0 Å². The fourth-order valence-electron chi connectivity index (χ4n) is 12.6. The summed E-state index contributed by atoms with van der Waals surface area (Å²) in [5, 5.41) is 10.6. The first-order chi connectivity index (χ1) is 48.6. The van der Waals surface area contributed by atoms with Gasteiger partial charge in [-0.15, -0.1) is 0 Å². The van der Waals surface area contributed by atoms with Gasteiger partial charge < -0.3 is 33.8 Å². The minimum atomic E-state index is -4.96. The van der Waals surface area contributed by atoms with Crippen LogP contribution in [0.3, 0.4) is 0 Å². The highest BCUT2D eigenvalue weighted by Gasteiger charge is 2.30. The Balaban J connectivity index is 5.24. The van der Waals surface area contributed by atoms with E-state index in [1.54, 1.807) is 0 Å². The lowest BCUT2D eigenvalue weighted by molar-refractivity contribution is -0.161. The summed E-state index contributed by atoms with van der Waals surface area (Å²) in [6.07, 6.45) is 58.3. The highest BCUT2D eigenvalue weighted by molar-refractivity contribution is 7.47. The lowest BCUT2D eigenvalue weighted by Crippen LogP contribution is -2.30. The lowest BCUT2D eigenvalue weighted by atomic mass is 9.99. The Morgan fingerprint density at radius 2 is 0.475 bits per heavy atom. The quantitative estimate of drug-likeness (QED) is 0.0222. The van der Waals surface area contributed by atoms with Crippen molar-refractivity contribution in [1.29, 1.82) is 0 Å². The smallest absolute Gasteiger partial charge is 0.462 e. The second-order valence-corrected chi connectivity index (χ2v) is 34.1. The minimum absolute atomic E-state index is 0.104. The molecule has 19 heteroatoms. The van der Waals surface area contributed by atoms with E-state index in [9.17, 15) is 43.2 Å². The molecule has 0 aliphatic carbocycles. The fraction of sp³-hybridized carbons (Fsp3) is 0.951. The highest BCUT2D eigenvalue weighted by atomic mass is 31.2. The van der Waals surface area contributed by atoms with Crippen molar-refractivity contribution >= 4 is 39.5 Å². The summed E-state index contributed by atoms with van der Waals surface area (Å²) in [4.78, 5) is 73.0. The van der Waals surface area contributed by atoms with Crippen molar-refractivity contribution in [2.75, 3.05) is 39.6 Å². The van der Waals surface area contributed by atoms with Crippen molar-refractivity contribution < 1.29 is 80.2 Å². The summed E-state index contributed by atoms with van der Waals surface area (Å²) >= 11 is 0. The van der Waals surface area contributed by atoms with Crippen LogP contribution in [-0.2, 0) is 65.4 Å². The number of esters is 4. The number of ether oxygens (including phenoxy) is 4. The number of carbonyl (C=O) groups excluding carboxylic acids is 4. The molecule has 6 atom stereocenters. The number of unbranched alkanes of at least 4 members (excludes halogenated alkanes) is 44. The van der Waals surface area contributed by atoms with Gasteiger partial charge in [0.05, 0.1) is 26.4 Å². The molecule has 0 aromatic carbocycles. The molecule has 0 bridgehead atoms. The van der Waals surface area contributed by atoms with Gasteiger partial charge in [0.15, 0.2) is 12.2 Å². The topological polar surface area (TPSA) is 237 Å². The molecular formula is C82H160O17P2. The Bertz CT molecular complexity index is 1970. The van der Waals surface area contributed by atoms with Crippen LogP contribution in [0.4, 0.5) is 0 Å². The number of phosphoric acid groups is 2. The second kappa shape index (κ2) is 71.0. The van der Waals surface area contributed by atoms with E-state index >= 15 is 0 Å². The monoisotopic (exact) mass is 1480 g/mol.